The molecular formula is C22H28O4. The molecule has 1 N–H and O–H groups in total. The van der Waals surface area contributed by atoms with Crippen LogP contribution in [-0.4, -0.2) is 17.7 Å². The number of aromatic hydroxyl groups is 1. The van der Waals surface area contributed by atoms with Gasteiger partial charge >= 0.3 is 5.97 Å². The van der Waals surface area contributed by atoms with Crippen LogP contribution >= 0.6 is 0 Å². The average Bonchev–Trinajstić information content (AvgIpc) is 2.67. The van der Waals surface area contributed by atoms with E-state index in [1.54, 1.807) is 6.07 Å². The highest BCUT2D eigenvalue weighted by molar-refractivity contribution is 5.93. The zero-order chi connectivity index (χ0) is 18.6. The lowest BCUT2D eigenvalue weighted by Gasteiger charge is -2.12. The molecule has 0 saturated heterocycles. The maximum atomic E-state index is 12.4. The van der Waals surface area contributed by atoms with Gasteiger partial charge in [0, 0.05) is 0 Å². The molecule has 0 saturated carbocycles. The Bertz CT molecular complexity index is 667. The summed E-state index contributed by atoms with van der Waals surface area (Å²) in [4.78, 5) is 12.4. The second kappa shape index (κ2) is 11.2. The summed E-state index contributed by atoms with van der Waals surface area (Å²) < 4.78 is 11.1. The van der Waals surface area contributed by atoms with E-state index in [1.165, 1.54) is 37.8 Å². The summed E-state index contributed by atoms with van der Waals surface area (Å²) >= 11 is 0. The van der Waals surface area contributed by atoms with Gasteiger partial charge in [0.1, 0.15) is 23.7 Å². The van der Waals surface area contributed by atoms with E-state index in [2.05, 4.69) is 6.92 Å². The molecule has 4 nitrogen and oxygen atoms in total. The highest BCUT2D eigenvalue weighted by Crippen LogP contribution is 2.25. The van der Waals surface area contributed by atoms with Crippen LogP contribution in [0.2, 0.25) is 0 Å². The molecule has 0 radical (unpaired) electrons. The average molecular weight is 356 g/mol. The van der Waals surface area contributed by atoms with Crippen LogP contribution in [0, 0.1) is 0 Å². The van der Waals surface area contributed by atoms with Gasteiger partial charge in [-0.15, -0.1) is 0 Å². The summed E-state index contributed by atoms with van der Waals surface area (Å²) in [7, 11) is 0. The summed E-state index contributed by atoms with van der Waals surface area (Å²) in [5.41, 5.74) is 1.17. The van der Waals surface area contributed by atoms with Gasteiger partial charge in [0.2, 0.25) is 0 Å². The van der Waals surface area contributed by atoms with Gasteiger partial charge in [-0.05, 0) is 30.2 Å². The molecule has 0 aliphatic rings. The minimum absolute atomic E-state index is 0.0172. The molecule has 0 aliphatic heterocycles. The number of carbonyl (C=O) groups is 1. The van der Waals surface area contributed by atoms with Crippen LogP contribution in [0.25, 0.3) is 0 Å². The monoisotopic (exact) mass is 356 g/mol. The quantitative estimate of drug-likeness (QED) is 0.427. The molecule has 2 rings (SSSR count). The molecule has 0 aromatic heterocycles. The number of hydrogen-bond donors (Lipinski definition) is 1. The van der Waals surface area contributed by atoms with Crippen LogP contribution in [0.5, 0.6) is 11.5 Å². The lowest BCUT2D eigenvalue weighted by Crippen LogP contribution is -2.09. The van der Waals surface area contributed by atoms with Crippen LogP contribution in [-0.2, 0) is 11.3 Å². The molecule has 0 aliphatic carbocycles. The number of carbonyl (C=O) groups excluding carboxylic acids is 1. The number of benzene rings is 2. The Morgan fingerprint density at radius 1 is 0.962 bits per heavy atom. The van der Waals surface area contributed by atoms with Gasteiger partial charge in [-0.3, -0.25) is 0 Å². The first kappa shape index (κ1) is 19.8. The second-order valence-corrected chi connectivity index (χ2v) is 6.36. The minimum Gasteiger partial charge on any atom is -0.508 e. The van der Waals surface area contributed by atoms with Crippen molar-refractivity contribution >= 4 is 5.97 Å². The van der Waals surface area contributed by atoms with Gasteiger partial charge in [0.05, 0.1) is 6.61 Å². The van der Waals surface area contributed by atoms with Crippen molar-refractivity contribution < 1.29 is 19.4 Å². The molecule has 0 atom stereocenters. The lowest BCUT2D eigenvalue weighted by atomic mass is 10.1. The van der Waals surface area contributed by atoms with E-state index < -0.39 is 5.97 Å². The Labute approximate surface area is 155 Å². The number of unbranched alkanes of at least 4 members (excludes halogenated alkanes) is 5. The van der Waals surface area contributed by atoms with Gasteiger partial charge in [0.15, 0.2) is 0 Å². The van der Waals surface area contributed by atoms with Crippen LogP contribution in [0.4, 0.5) is 0 Å². The van der Waals surface area contributed by atoms with E-state index in [1.807, 2.05) is 30.3 Å². The minimum atomic E-state index is -0.498. The van der Waals surface area contributed by atoms with Gasteiger partial charge in [-0.2, -0.15) is 0 Å². The van der Waals surface area contributed by atoms with E-state index in [0.29, 0.717) is 12.4 Å². The number of phenols is 1. The first-order chi connectivity index (χ1) is 12.7. The smallest absolute Gasteiger partial charge is 0.342 e. The first-order valence-electron chi connectivity index (χ1n) is 9.37. The SMILES string of the molecule is CCCCCCCCOc1ccc(O)cc1C(=O)OCc1ccccc1. The van der Waals surface area contributed by atoms with E-state index in [9.17, 15) is 9.90 Å². The van der Waals surface area contributed by atoms with Crippen molar-refractivity contribution in [2.24, 2.45) is 0 Å². The maximum absolute atomic E-state index is 12.4. The maximum Gasteiger partial charge on any atom is 0.342 e. The summed E-state index contributed by atoms with van der Waals surface area (Å²) in [6, 6.07) is 14.0. The fourth-order valence-corrected chi connectivity index (χ4v) is 2.67. The molecule has 0 amide bonds. The number of esters is 1. The third kappa shape index (κ3) is 6.79. The van der Waals surface area contributed by atoms with Crippen molar-refractivity contribution in [3.63, 3.8) is 0 Å². The van der Waals surface area contributed by atoms with Crippen LogP contribution < -0.4 is 4.74 Å². The molecule has 0 fully saturated rings. The Kier molecular flexibility index (Phi) is 8.53. The largest absolute Gasteiger partial charge is 0.508 e. The standard InChI is InChI=1S/C22H28O4/c1-2-3-4-5-6-10-15-25-21-14-13-19(23)16-20(21)22(24)26-17-18-11-8-7-9-12-18/h7-9,11-14,16,23H,2-6,10,15,17H2,1H3. The third-order valence-corrected chi connectivity index (χ3v) is 4.15. The predicted octanol–water partition coefficient (Wildman–Crippen LogP) is 5.49. The summed E-state index contributed by atoms with van der Waals surface area (Å²) in [5.74, 6) is -0.0271. The number of rotatable bonds is 11. The van der Waals surface area contributed by atoms with Crippen LogP contribution in [0.15, 0.2) is 48.5 Å². The fourth-order valence-electron chi connectivity index (χ4n) is 2.67. The molecule has 140 valence electrons. The van der Waals surface area contributed by atoms with Crippen molar-refractivity contribution in [2.75, 3.05) is 6.61 Å². The zero-order valence-corrected chi connectivity index (χ0v) is 15.4. The van der Waals surface area contributed by atoms with Crippen molar-refractivity contribution in [1.29, 1.82) is 0 Å². The summed E-state index contributed by atoms with van der Waals surface area (Å²) in [6.07, 6.45) is 7.04. The van der Waals surface area contributed by atoms with Crippen molar-refractivity contribution in [3.05, 3.63) is 59.7 Å². The van der Waals surface area contributed by atoms with Gasteiger partial charge in [0.25, 0.3) is 0 Å². The molecule has 26 heavy (non-hydrogen) atoms. The van der Waals surface area contributed by atoms with Gasteiger partial charge < -0.3 is 14.6 Å². The second-order valence-electron chi connectivity index (χ2n) is 6.36. The van der Waals surface area contributed by atoms with E-state index in [-0.39, 0.29) is 17.9 Å². The van der Waals surface area contributed by atoms with Crippen molar-refractivity contribution in [1.82, 2.24) is 0 Å². The lowest BCUT2D eigenvalue weighted by molar-refractivity contribution is 0.0467. The number of hydrogen-bond acceptors (Lipinski definition) is 4. The van der Waals surface area contributed by atoms with E-state index in [4.69, 9.17) is 9.47 Å². The normalized spacial score (nSPS) is 10.5. The van der Waals surface area contributed by atoms with Crippen molar-refractivity contribution in [3.8, 4) is 11.5 Å². The van der Waals surface area contributed by atoms with Crippen LogP contribution in [0.3, 0.4) is 0 Å². The van der Waals surface area contributed by atoms with E-state index >= 15 is 0 Å². The fraction of sp³-hybridized carbons (Fsp3) is 0.409. The molecule has 2 aromatic rings. The summed E-state index contributed by atoms with van der Waals surface area (Å²) in [5, 5.41) is 9.70. The number of ether oxygens (including phenoxy) is 2. The van der Waals surface area contributed by atoms with Crippen molar-refractivity contribution in [2.45, 2.75) is 52.1 Å². The van der Waals surface area contributed by atoms with Gasteiger partial charge in [-0.1, -0.05) is 69.4 Å². The Balaban J connectivity index is 1.86. The first-order valence-corrected chi connectivity index (χ1v) is 9.37. The predicted molar refractivity (Wildman–Crippen MR) is 103 cm³/mol. The highest BCUT2D eigenvalue weighted by atomic mass is 16.5. The van der Waals surface area contributed by atoms with Gasteiger partial charge in [-0.25, -0.2) is 4.79 Å². The Morgan fingerprint density at radius 2 is 1.69 bits per heavy atom. The molecule has 0 unspecified atom stereocenters. The molecule has 0 heterocycles. The Hall–Kier alpha value is -2.49. The van der Waals surface area contributed by atoms with E-state index in [0.717, 1.165) is 18.4 Å². The molecule has 2 aromatic carbocycles. The van der Waals surface area contributed by atoms with Crippen LogP contribution in [0.1, 0.15) is 61.4 Å². The Morgan fingerprint density at radius 3 is 2.46 bits per heavy atom. The summed E-state index contributed by atoms with van der Waals surface area (Å²) in [6.45, 7) is 2.94. The number of phenolic OH excluding ortho intramolecular Hbond substituents is 1. The molecule has 0 spiro atoms. The highest BCUT2D eigenvalue weighted by Gasteiger charge is 2.15. The molecule has 4 heteroatoms. The molecular weight excluding hydrogens is 328 g/mol. The zero-order valence-electron chi connectivity index (χ0n) is 15.4. The topological polar surface area (TPSA) is 55.8 Å². The third-order valence-electron chi connectivity index (χ3n) is 4.15. The molecule has 0 bridgehead atoms.